The van der Waals surface area contributed by atoms with Gasteiger partial charge in [0, 0.05) is 12.0 Å². The second-order valence-corrected chi connectivity index (χ2v) is 8.15. The van der Waals surface area contributed by atoms with Crippen LogP contribution in [-0.4, -0.2) is 42.9 Å². The topological polar surface area (TPSA) is 104 Å². The number of hydrogen-bond donors (Lipinski definition) is 3. The Bertz CT molecular complexity index is 1110. The van der Waals surface area contributed by atoms with Gasteiger partial charge in [0.1, 0.15) is 5.76 Å². The Kier molecular flexibility index (Phi) is 6.22. The molecule has 1 heterocycles. The predicted octanol–water partition coefficient (Wildman–Crippen LogP) is 4.61. The third kappa shape index (κ3) is 4.56. The predicted molar refractivity (Wildman–Crippen MR) is 121 cm³/mol. The lowest BCUT2D eigenvalue weighted by molar-refractivity contribution is -0.175. The Morgan fingerprint density at radius 2 is 1.87 bits per heavy atom. The van der Waals surface area contributed by atoms with Crippen molar-refractivity contribution in [1.82, 2.24) is 20.6 Å². The zero-order valence-electron chi connectivity index (χ0n) is 17.4. The summed E-state index contributed by atoms with van der Waals surface area (Å²) in [5.41, 5.74) is 4.65. The monoisotopic (exact) mass is 436 g/mol. The standard InChI is InChI=1S/C23H24N4O3S/c1-3-16-12-23(29,13-20(31-2)21(16)28)30-14-15-8-10-17(11-9-15)18-6-4-5-7-19(18)22-24-26-27-25-22/h4-11,13,28-29H,3,12,14H2,1-2H3,(H,24,25,26,27). The fraction of sp³-hybridized carbons (Fsp3) is 0.261. The molecule has 1 aromatic heterocycles. The van der Waals surface area contributed by atoms with Crippen LogP contribution in [0, 0.1) is 0 Å². The van der Waals surface area contributed by atoms with Gasteiger partial charge in [0.2, 0.25) is 5.82 Å². The van der Waals surface area contributed by atoms with E-state index in [0.717, 1.165) is 27.8 Å². The maximum absolute atomic E-state index is 10.9. The van der Waals surface area contributed by atoms with E-state index in [2.05, 4.69) is 20.6 Å². The van der Waals surface area contributed by atoms with Crippen molar-refractivity contribution >= 4 is 11.8 Å². The van der Waals surface area contributed by atoms with Crippen molar-refractivity contribution in [3.05, 3.63) is 76.4 Å². The highest BCUT2D eigenvalue weighted by Gasteiger charge is 2.33. The first-order valence-corrected chi connectivity index (χ1v) is 11.2. The molecule has 160 valence electrons. The molecule has 2 aromatic carbocycles. The van der Waals surface area contributed by atoms with Gasteiger partial charge in [-0.2, -0.15) is 5.21 Å². The zero-order chi connectivity index (χ0) is 21.8. The van der Waals surface area contributed by atoms with Gasteiger partial charge < -0.3 is 14.9 Å². The molecule has 7 nitrogen and oxygen atoms in total. The summed E-state index contributed by atoms with van der Waals surface area (Å²) in [5.74, 6) is -0.630. The van der Waals surface area contributed by atoms with Crippen molar-refractivity contribution in [3.8, 4) is 22.5 Å². The summed E-state index contributed by atoms with van der Waals surface area (Å²) in [7, 11) is 0. The smallest absolute Gasteiger partial charge is 0.205 e. The molecule has 0 amide bonds. The highest BCUT2D eigenvalue weighted by molar-refractivity contribution is 8.02. The lowest BCUT2D eigenvalue weighted by Crippen LogP contribution is -2.33. The fourth-order valence-corrected chi connectivity index (χ4v) is 4.26. The number of aromatic amines is 1. The largest absolute Gasteiger partial charge is 0.507 e. The average molecular weight is 437 g/mol. The minimum Gasteiger partial charge on any atom is -0.507 e. The van der Waals surface area contributed by atoms with Crippen molar-refractivity contribution in [3.63, 3.8) is 0 Å². The quantitative estimate of drug-likeness (QED) is 0.465. The SMILES string of the molecule is CCC1=C(O)C(SC)=CC(O)(OCc2ccc(-c3ccccc3-c3nn[nH]n3)cc2)C1. The molecule has 8 heteroatoms. The lowest BCUT2D eigenvalue weighted by Gasteiger charge is -2.31. The number of hydrogen-bond acceptors (Lipinski definition) is 7. The Morgan fingerprint density at radius 1 is 1.13 bits per heavy atom. The average Bonchev–Trinajstić information content (AvgIpc) is 3.34. The molecule has 1 aliphatic carbocycles. The van der Waals surface area contributed by atoms with E-state index in [9.17, 15) is 10.2 Å². The van der Waals surface area contributed by atoms with Gasteiger partial charge in [-0.05, 0) is 46.2 Å². The van der Waals surface area contributed by atoms with Gasteiger partial charge in [-0.3, -0.25) is 0 Å². The number of nitrogens with one attached hydrogen (secondary N) is 1. The van der Waals surface area contributed by atoms with Gasteiger partial charge in [0.25, 0.3) is 0 Å². The first-order valence-electron chi connectivity index (χ1n) is 9.99. The number of H-pyrrole nitrogens is 1. The van der Waals surface area contributed by atoms with Crippen LogP contribution in [0.4, 0.5) is 0 Å². The van der Waals surface area contributed by atoms with E-state index in [0.29, 0.717) is 17.2 Å². The summed E-state index contributed by atoms with van der Waals surface area (Å²) in [5, 5.41) is 35.5. The van der Waals surface area contributed by atoms with Crippen LogP contribution >= 0.6 is 11.8 Å². The molecule has 31 heavy (non-hydrogen) atoms. The molecule has 4 rings (SSSR count). The first kappa shape index (κ1) is 21.3. The number of benzene rings is 2. The highest BCUT2D eigenvalue weighted by Crippen LogP contribution is 2.37. The zero-order valence-corrected chi connectivity index (χ0v) is 18.2. The Hall–Kier alpha value is -2.94. The molecule has 0 fully saturated rings. The van der Waals surface area contributed by atoms with Crippen LogP contribution in [0.15, 0.2) is 70.8 Å². The number of aliphatic hydroxyl groups excluding tert-OH is 1. The van der Waals surface area contributed by atoms with Crippen LogP contribution in [0.25, 0.3) is 22.5 Å². The van der Waals surface area contributed by atoms with Gasteiger partial charge >= 0.3 is 0 Å². The van der Waals surface area contributed by atoms with Crippen LogP contribution in [0.5, 0.6) is 0 Å². The molecule has 3 N–H and O–H groups in total. The van der Waals surface area contributed by atoms with E-state index in [1.807, 2.05) is 61.7 Å². The van der Waals surface area contributed by atoms with Crippen molar-refractivity contribution in [1.29, 1.82) is 0 Å². The molecule has 0 saturated heterocycles. The minimum atomic E-state index is -1.43. The Labute approximate surface area is 184 Å². The molecule has 1 aliphatic rings. The first-order chi connectivity index (χ1) is 15.0. The Balaban J connectivity index is 1.50. The van der Waals surface area contributed by atoms with Crippen LogP contribution in [-0.2, 0) is 11.3 Å². The molecule has 1 unspecified atom stereocenters. The number of rotatable bonds is 7. The van der Waals surface area contributed by atoms with E-state index in [-0.39, 0.29) is 18.8 Å². The van der Waals surface area contributed by atoms with E-state index in [4.69, 9.17) is 4.74 Å². The number of tetrazole rings is 1. The molecule has 1 atom stereocenters. The lowest BCUT2D eigenvalue weighted by atomic mass is 9.96. The van der Waals surface area contributed by atoms with E-state index >= 15 is 0 Å². The van der Waals surface area contributed by atoms with Gasteiger partial charge in [0.15, 0.2) is 5.79 Å². The summed E-state index contributed by atoms with van der Waals surface area (Å²) >= 11 is 1.39. The van der Waals surface area contributed by atoms with Crippen LogP contribution in [0.2, 0.25) is 0 Å². The molecule has 0 spiro atoms. The highest BCUT2D eigenvalue weighted by atomic mass is 32.2. The number of aromatic nitrogens is 4. The summed E-state index contributed by atoms with van der Waals surface area (Å²) in [6, 6.07) is 15.8. The number of thioether (sulfide) groups is 1. The van der Waals surface area contributed by atoms with E-state index in [1.54, 1.807) is 6.08 Å². The maximum atomic E-state index is 10.9. The summed E-state index contributed by atoms with van der Waals surface area (Å²) in [4.78, 5) is 0.638. The van der Waals surface area contributed by atoms with Crippen molar-refractivity contribution in [2.24, 2.45) is 0 Å². The molecule has 0 aliphatic heterocycles. The van der Waals surface area contributed by atoms with Crippen LogP contribution < -0.4 is 0 Å². The number of aliphatic hydroxyl groups is 2. The second-order valence-electron chi connectivity index (χ2n) is 7.31. The molecule has 0 bridgehead atoms. The van der Waals surface area contributed by atoms with Gasteiger partial charge in [-0.25, -0.2) is 0 Å². The molecular weight excluding hydrogens is 412 g/mol. The van der Waals surface area contributed by atoms with Crippen molar-refractivity contribution < 1.29 is 14.9 Å². The normalized spacial score (nSPS) is 18.9. The number of nitrogens with zero attached hydrogens (tertiary/aromatic N) is 3. The summed E-state index contributed by atoms with van der Waals surface area (Å²) in [6.45, 7) is 2.21. The van der Waals surface area contributed by atoms with Crippen molar-refractivity contribution in [2.75, 3.05) is 6.26 Å². The fourth-order valence-electron chi connectivity index (χ4n) is 3.62. The van der Waals surface area contributed by atoms with Gasteiger partial charge in [-0.1, -0.05) is 55.5 Å². The molecule has 3 aromatic rings. The Morgan fingerprint density at radius 3 is 2.52 bits per heavy atom. The molecule has 0 saturated carbocycles. The third-order valence-electron chi connectivity index (χ3n) is 5.31. The summed E-state index contributed by atoms with van der Waals surface area (Å²) in [6.07, 6.45) is 4.38. The summed E-state index contributed by atoms with van der Waals surface area (Å²) < 4.78 is 5.89. The maximum Gasteiger partial charge on any atom is 0.205 e. The molecular formula is C23H24N4O3S. The van der Waals surface area contributed by atoms with Gasteiger partial charge in [0.05, 0.1) is 11.5 Å². The minimum absolute atomic E-state index is 0.249. The van der Waals surface area contributed by atoms with Crippen LogP contribution in [0.3, 0.4) is 0 Å². The van der Waals surface area contributed by atoms with Crippen LogP contribution in [0.1, 0.15) is 25.3 Å². The second kappa shape index (κ2) is 9.05. The third-order valence-corrected chi connectivity index (χ3v) is 6.06. The van der Waals surface area contributed by atoms with E-state index in [1.165, 1.54) is 11.8 Å². The van der Waals surface area contributed by atoms with Crippen molar-refractivity contribution in [2.45, 2.75) is 32.2 Å². The number of ether oxygens (including phenoxy) is 1. The molecule has 0 radical (unpaired) electrons. The van der Waals surface area contributed by atoms with E-state index < -0.39 is 5.79 Å². The van der Waals surface area contributed by atoms with Gasteiger partial charge in [-0.15, -0.1) is 22.0 Å².